The number of nitrogens with zero attached hydrogens (tertiary/aromatic N) is 1. The van der Waals surface area contributed by atoms with Gasteiger partial charge in [0.15, 0.2) is 0 Å². The third-order valence-electron chi connectivity index (χ3n) is 4.13. The van der Waals surface area contributed by atoms with Gasteiger partial charge in [-0.25, -0.2) is 0 Å². The van der Waals surface area contributed by atoms with Crippen molar-refractivity contribution in [3.8, 4) is 0 Å². The van der Waals surface area contributed by atoms with Gasteiger partial charge in [-0.3, -0.25) is 4.79 Å². The van der Waals surface area contributed by atoms with E-state index >= 15 is 0 Å². The van der Waals surface area contributed by atoms with Crippen LogP contribution in [0.5, 0.6) is 0 Å². The average molecular weight is 280 g/mol. The second kappa shape index (κ2) is 6.10. The van der Waals surface area contributed by atoms with E-state index in [-0.39, 0.29) is 11.9 Å². The molecule has 1 amide bonds. The highest BCUT2D eigenvalue weighted by Crippen LogP contribution is 2.32. The van der Waals surface area contributed by atoms with Crippen LogP contribution < -0.4 is 5.73 Å². The first-order valence-electron chi connectivity index (χ1n) is 7.44. The highest BCUT2D eigenvalue weighted by molar-refractivity contribution is 5.94. The van der Waals surface area contributed by atoms with Crippen molar-refractivity contribution in [3.05, 3.63) is 71.3 Å². The summed E-state index contributed by atoms with van der Waals surface area (Å²) in [7, 11) is 0. The van der Waals surface area contributed by atoms with Crippen molar-refractivity contribution in [2.75, 3.05) is 6.54 Å². The molecular formula is C18H20N2O. The number of amides is 1. The summed E-state index contributed by atoms with van der Waals surface area (Å²) < 4.78 is 0. The van der Waals surface area contributed by atoms with E-state index in [4.69, 9.17) is 5.73 Å². The number of rotatable bonds is 3. The van der Waals surface area contributed by atoms with Crippen LogP contribution in [-0.4, -0.2) is 17.4 Å². The molecule has 0 saturated carbocycles. The molecule has 2 aromatic rings. The van der Waals surface area contributed by atoms with E-state index in [0.717, 1.165) is 30.5 Å². The lowest BCUT2D eigenvalue weighted by atomic mass is 10.0. The first-order valence-corrected chi connectivity index (χ1v) is 7.44. The molecule has 1 aliphatic rings. The first kappa shape index (κ1) is 13.8. The van der Waals surface area contributed by atoms with E-state index in [1.54, 1.807) is 0 Å². The second-order valence-corrected chi connectivity index (χ2v) is 5.47. The second-order valence-electron chi connectivity index (χ2n) is 5.47. The van der Waals surface area contributed by atoms with E-state index in [0.29, 0.717) is 6.54 Å². The number of carbonyl (C=O) groups excluding carboxylic acids is 1. The maximum Gasteiger partial charge on any atom is 0.254 e. The van der Waals surface area contributed by atoms with Gasteiger partial charge in [-0.05, 0) is 36.1 Å². The molecule has 0 aromatic heterocycles. The Labute approximate surface area is 125 Å². The largest absolute Gasteiger partial charge is 0.332 e. The number of carbonyl (C=O) groups is 1. The minimum absolute atomic E-state index is 0.116. The molecule has 3 nitrogen and oxygen atoms in total. The minimum atomic E-state index is 0.116. The van der Waals surface area contributed by atoms with Crippen molar-refractivity contribution >= 4 is 5.91 Å². The minimum Gasteiger partial charge on any atom is -0.332 e. The summed E-state index contributed by atoms with van der Waals surface area (Å²) >= 11 is 0. The molecule has 0 bridgehead atoms. The zero-order valence-corrected chi connectivity index (χ0v) is 12.0. The van der Waals surface area contributed by atoms with Gasteiger partial charge < -0.3 is 10.6 Å². The lowest BCUT2D eigenvalue weighted by Gasteiger charge is -2.25. The maximum atomic E-state index is 12.7. The number of nitrogens with two attached hydrogens (primary N) is 1. The Hall–Kier alpha value is -2.13. The molecule has 1 unspecified atom stereocenters. The smallest absolute Gasteiger partial charge is 0.254 e. The molecule has 1 saturated heterocycles. The molecule has 108 valence electrons. The molecule has 1 heterocycles. The van der Waals surface area contributed by atoms with Crippen molar-refractivity contribution < 1.29 is 4.79 Å². The molecule has 1 aliphatic heterocycles. The van der Waals surface area contributed by atoms with Crippen LogP contribution in [0.25, 0.3) is 0 Å². The van der Waals surface area contributed by atoms with Crippen molar-refractivity contribution in [1.29, 1.82) is 0 Å². The summed E-state index contributed by atoms with van der Waals surface area (Å²) in [5.74, 6) is 0.116. The van der Waals surface area contributed by atoms with Crippen molar-refractivity contribution in [2.24, 2.45) is 5.73 Å². The SMILES string of the molecule is NCc1ccc(C(=O)N2CCCC2c2ccccc2)cc1. The van der Waals surface area contributed by atoms with Crippen LogP contribution in [0.3, 0.4) is 0 Å². The molecule has 0 spiro atoms. The zero-order chi connectivity index (χ0) is 14.7. The van der Waals surface area contributed by atoms with Gasteiger partial charge in [0.1, 0.15) is 0 Å². The number of hydrogen-bond acceptors (Lipinski definition) is 2. The van der Waals surface area contributed by atoms with Crippen molar-refractivity contribution in [3.63, 3.8) is 0 Å². The van der Waals surface area contributed by atoms with Gasteiger partial charge in [0.05, 0.1) is 6.04 Å². The van der Waals surface area contributed by atoms with Gasteiger partial charge in [-0.1, -0.05) is 42.5 Å². The molecule has 2 N–H and O–H groups in total. The van der Waals surface area contributed by atoms with Gasteiger partial charge in [0.25, 0.3) is 5.91 Å². The van der Waals surface area contributed by atoms with E-state index in [2.05, 4.69) is 12.1 Å². The quantitative estimate of drug-likeness (QED) is 0.939. The van der Waals surface area contributed by atoms with Crippen LogP contribution in [0, 0.1) is 0 Å². The molecule has 1 fully saturated rings. The number of hydrogen-bond donors (Lipinski definition) is 1. The number of benzene rings is 2. The molecule has 0 aliphatic carbocycles. The Morgan fingerprint density at radius 3 is 2.48 bits per heavy atom. The fraction of sp³-hybridized carbons (Fsp3) is 0.278. The Morgan fingerprint density at radius 2 is 1.81 bits per heavy atom. The molecule has 3 rings (SSSR count). The first-order chi connectivity index (χ1) is 10.3. The summed E-state index contributed by atoms with van der Waals surface area (Å²) in [6.07, 6.45) is 2.10. The van der Waals surface area contributed by atoms with Gasteiger partial charge in [0, 0.05) is 18.7 Å². The van der Waals surface area contributed by atoms with E-state index in [1.165, 1.54) is 5.56 Å². The summed E-state index contributed by atoms with van der Waals surface area (Å²) in [6, 6.07) is 18.1. The molecular weight excluding hydrogens is 260 g/mol. The van der Waals surface area contributed by atoms with Crippen LogP contribution in [0.15, 0.2) is 54.6 Å². The topological polar surface area (TPSA) is 46.3 Å². The summed E-state index contributed by atoms with van der Waals surface area (Å²) in [4.78, 5) is 14.7. The van der Waals surface area contributed by atoms with Crippen molar-refractivity contribution in [2.45, 2.75) is 25.4 Å². The number of likely N-dealkylation sites (tertiary alicyclic amines) is 1. The summed E-state index contributed by atoms with van der Waals surface area (Å²) in [6.45, 7) is 1.34. The van der Waals surface area contributed by atoms with Gasteiger partial charge >= 0.3 is 0 Å². The molecule has 0 radical (unpaired) electrons. The summed E-state index contributed by atoms with van der Waals surface area (Å²) in [5, 5.41) is 0. The molecule has 2 aromatic carbocycles. The Bertz CT molecular complexity index is 607. The van der Waals surface area contributed by atoms with Crippen LogP contribution in [0.4, 0.5) is 0 Å². The van der Waals surface area contributed by atoms with Crippen LogP contribution in [0.2, 0.25) is 0 Å². The highest BCUT2D eigenvalue weighted by atomic mass is 16.2. The standard InChI is InChI=1S/C18H20N2O/c19-13-14-8-10-16(11-9-14)18(21)20-12-4-7-17(20)15-5-2-1-3-6-15/h1-3,5-6,8-11,17H,4,7,12-13,19H2. The Morgan fingerprint density at radius 1 is 1.10 bits per heavy atom. The monoisotopic (exact) mass is 280 g/mol. The molecule has 1 atom stereocenters. The molecule has 21 heavy (non-hydrogen) atoms. The fourth-order valence-corrected chi connectivity index (χ4v) is 2.98. The lowest BCUT2D eigenvalue weighted by Crippen LogP contribution is -2.30. The van der Waals surface area contributed by atoms with E-state index in [9.17, 15) is 4.79 Å². The predicted octanol–water partition coefficient (Wildman–Crippen LogP) is 3.12. The molecule has 3 heteroatoms. The normalized spacial score (nSPS) is 18.0. The third kappa shape index (κ3) is 2.83. The third-order valence-corrected chi connectivity index (χ3v) is 4.13. The van der Waals surface area contributed by atoms with Crippen LogP contribution >= 0.6 is 0 Å². The fourth-order valence-electron chi connectivity index (χ4n) is 2.98. The van der Waals surface area contributed by atoms with Crippen LogP contribution in [-0.2, 0) is 6.54 Å². The zero-order valence-electron chi connectivity index (χ0n) is 12.0. The van der Waals surface area contributed by atoms with Gasteiger partial charge in [-0.15, -0.1) is 0 Å². The van der Waals surface area contributed by atoms with Crippen molar-refractivity contribution in [1.82, 2.24) is 4.90 Å². The Kier molecular flexibility index (Phi) is 4.02. The summed E-state index contributed by atoms with van der Waals surface area (Å²) in [5.41, 5.74) is 8.62. The van der Waals surface area contributed by atoms with E-state index in [1.807, 2.05) is 47.4 Å². The van der Waals surface area contributed by atoms with E-state index < -0.39 is 0 Å². The van der Waals surface area contributed by atoms with Gasteiger partial charge in [0.2, 0.25) is 0 Å². The predicted molar refractivity (Wildman–Crippen MR) is 83.8 cm³/mol. The highest BCUT2D eigenvalue weighted by Gasteiger charge is 2.30. The Balaban J connectivity index is 1.82. The van der Waals surface area contributed by atoms with Gasteiger partial charge in [-0.2, -0.15) is 0 Å². The van der Waals surface area contributed by atoms with Crippen LogP contribution in [0.1, 0.15) is 40.4 Å². The maximum absolute atomic E-state index is 12.7. The average Bonchev–Trinajstić information content (AvgIpc) is 3.04. The lowest BCUT2D eigenvalue weighted by molar-refractivity contribution is 0.0735.